The highest BCUT2D eigenvalue weighted by Gasteiger charge is 2.12. The quantitative estimate of drug-likeness (QED) is 0.806. The minimum atomic E-state index is -0.440. The molecule has 2 rings (SSSR count). The molecule has 0 spiro atoms. The van der Waals surface area contributed by atoms with Gasteiger partial charge in [0.15, 0.2) is 5.82 Å². The first-order chi connectivity index (χ1) is 9.01. The molecule has 2 aromatic rings. The third-order valence-corrected chi connectivity index (χ3v) is 3.09. The van der Waals surface area contributed by atoms with E-state index in [2.05, 4.69) is 27.2 Å². The largest absolute Gasteiger partial charge is 0.369 e. The molecule has 0 unspecified atom stereocenters. The van der Waals surface area contributed by atoms with Crippen LogP contribution in [0.2, 0.25) is 0 Å². The number of aromatic nitrogens is 5. The number of aromatic amines is 1. The van der Waals surface area contributed by atoms with E-state index in [9.17, 15) is 4.79 Å². The molecule has 7 heteroatoms. The van der Waals surface area contributed by atoms with Crippen molar-refractivity contribution in [2.45, 2.75) is 40.2 Å². The van der Waals surface area contributed by atoms with E-state index in [-0.39, 0.29) is 6.42 Å². The minimum absolute atomic E-state index is 0.0494. The maximum atomic E-state index is 10.8. The highest BCUT2D eigenvalue weighted by atomic mass is 16.1. The molecule has 0 bridgehead atoms. The van der Waals surface area contributed by atoms with E-state index in [0.717, 1.165) is 17.8 Å². The Morgan fingerprint density at radius 2 is 2.16 bits per heavy atom. The van der Waals surface area contributed by atoms with Crippen molar-refractivity contribution in [2.75, 3.05) is 0 Å². The number of nitrogens with two attached hydrogens (primary N) is 1. The van der Waals surface area contributed by atoms with Crippen LogP contribution in [0, 0.1) is 13.8 Å². The first kappa shape index (κ1) is 13.3. The number of hydrogen-bond acceptors (Lipinski definition) is 4. The van der Waals surface area contributed by atoms with E-state index < -0.39 is 5.91 Å². The fourth-order valence-corrected chi connectivity index (χ4v) is 2.18. The Labute approximate surface area is 111 Å². The Morgan fingerprint density at radius 3 is 2.74 bits per heavy atom. The number of nitrogens with one attached hydrogen (secondary N) is 1. The Morgan fingerprint density at radius 1 is 1.42 bits per heavy atom. The summed E-state index contributed by atoms with van der Waals surface area (Å²) in [5.74, 6) is 0.647. The number of amides is 1. The zero-order valence-electron chi connectivity index (χ0n) is 11.4. The number of nitrogens with zero attached hydrogens (tertiary/aromatic N) is 4. The lowest BCUT2D eigenvalue weighted by Crippen LogP contribution is -2.14. The summed E-state index contributed by atoms with van der Waals surface area (Å²) >= 11 is 0. The lowest BCUT2D eigenvalue weighted by molar-refractivity contribution is -0.117. The molecule has 3 N–H and O–H groups in total. The average molecular weight is 262 g/mol. The number of rotatable bonds is 5. The fourth-order valence-electron chi connectivity index (χ4n) is 2.18. The van der Waals surface area contributed by atoms with Crippen LogP contribution in [0.25, 0.3) is 0 Å². The maximum absolute atomic E-state index is 10.8. The van der Waals surface area contributed by atoms with E-state index in [4.69, 9.17) is 5.73 Å². The molecule has 7 nitrogen and oxygen atoms in total. The summed E-state index contributed by atoms with van der Waals surface area (Å²) in [7, 11) is 0. The van der Waals surface area contributed by atoms with Crippen molar-refractivity contribution in [2.24, 2.45) is 5.73 Å². The molecule has 0 aromatic carbocycles. The molecule has 0 radical (unpaired) electrons. The molecule has 0 aliphatic heterocycles. The second-order valence-electron chi connectivity index (χ2n) is 4.50. The Hall–Kier alpha value is -2.18. The van der Waals surface area contributed by atoms with Crippen LogP contribution in [0.5, 0.6) is 0 Å². The number of aryl methyl sites for hydroxylation is 1. The highest BCUT2D eigenvalue weighted by Crippen LogP contribution is 2.14. The lowest BCUT2D eigenvalue weighted by Gasteiger charge is -2.01. The van der Waals surface area contributed by atoms with E-state index in [1.807, 2.05) is 18.5 Å². The van der Waals surface area contributed by atoms with Crippen molar-refractivity contribution in [3.8, 4) is 0 Å². The zero-order valence-corrected chi connectivity index (χ0v) is 11.4. The van der Waals surface area contributed by atoms with Gasteiger partial charge in [0, 0.05) is 5.69 Å². The normalized spacial score (nSPS) is 10.9. The SMILES string of the molecule is CCc1c(C)nn(Cc2nc(CC(N)=O)n[nH]2)c1C. The predicted octanol–water partition coefficient (Wildman–Crippen LogP) is 0.257. The lowest BCUT2D eigenvalue weighted by atomic mass is 10.1. The van der Waals surface area contributed by atoms with E-state index >= 15 is 0 Å². The zero-order chi connectivity index (χ0) is 14.0. The average Bonchev–Trinajstić information content (AvgIpc) is 2.85. The van der Waals surface area contributed by atoms with E-state index in [1.165, 1.54) is 5.56 Å². The third kappa shape index (κ3) is 2.81. The van der Waals surface area contributed by atoms with Crippen LogP contribution in [0.4, 0.5) is 0 Å². The minimum Gasteiger partial charge on any atom is -0.369 e. The van der Waals surface area contributed by atoms with Crippen molar-refractivity contribution < 1.29 is 4.79 Å². The first-order valence-corrected chi connectivity index (χ1v) is 6.22. The van der Waals surface area contributed by atoms with Crippen LogP contribution >= 0.6 is 0 Å². The number of H-pyrrole nitrogens is 1. The number of hydrogen-bond donors (Lipinski definition) is 2. The summed E-state index contributed by atoms with van der Waals surface area (Å²) in [5, 5.41) is 11.2. The molecule has 0 aliphatic rings. The van der Waals surface area contributed by atoms with Crippen LogP contribution in [-0.2, 0) is 24.2 Å². The topological polar surface area (TPSA) is 102 Å². The Bertz CT molecular complexity index is 597. The van der Waals surface area contributed by atoms with Gasteiger partial charge in [-0.15, -0.1) is 0 Å². The summed E-state index contributed by atoms with van der Waals surface area (Å²) in [6.45, 7) is 6.67. The van der Waals surface area contributed by atoms with Gasteiger partial charge in [0.1, 0.15) is 12.4 Å². The molecule has 0 fully saturated rings. The van der Waals surface area contributed by atoms with Crippen LogP contribution in [0.1, 0.15) is 35.5 Å². The van der Waals surface area contributed by atoms with Gasteiger partial charge in [0.05, 0.1) is 12.1 Å². The van der Waals surface area contributed by atoms with Crippen LogP contribution in [-0.4, -0.2) is 30.9 Å². The van der Waals surface area contributed by atoms with Gasteiger partial charge in [0.2, 0.25) is 5.91 Å². The fraction of sp³-hybridized carbons (Fsp3) is 0.500. The summed E-state index contributed by atoms with van der Waals surface area (Å²) < 4.78 is 1.89. The molecule has 0 atom stereocenters. The molecular formula is C12H18N6O. The van der Waals surface area contributed by atoms with Crippen LogP contribution in [0.3, 0.4) is 0 Å². The smallest absolute Gasteiger partial charge is 0.225 e. The summed E-state index contributed by atoms with van der Waals surface area (Å²) in [6, 6.07) is 0. The summed E-state index contributed by atoms with van der Waals surface area (Å²) in [5.41, 5.74) is 8.53. The van der Waals surface area contributed by atoms with Crippen LogP contribution < -0.4 is 5.73 Å². The van der Waals surface area contributed by atoms with Gasteiger partial charge < -0.3 is 5.73 Å². The molecular weight excluding hydrogens is 244 g/mol. The monoisotopic (exact) mass is 262 g/mol. The summed E-state index contributed by atoms with van der Waals surface area (Å²) in [4.78, 5) is 15.0. The molecule has 2 aromatic heterocycles. The van der Waals surface area contributed by atoms with Gasteiger partial charge in [-0.2, -0.15) is 10.2 Å². The number of carbonyl (C=O) groups excluding carboxylic acids is 1. The van der Waals surface area contributed by atoms with E-state index in [0.29, 0.717) is 18.2 Å². The van der Waals surface area contributed by atoms with Gasteiger partial charge in [-0.25, -0.2) is 4.98 Å². The van der Waals surface area contributed by atoms with Crippen LogP contribution in [0.15, 0.2) is 0 Å². The predicted molar refractivity (Wildman–Crippen MR) is 69.5 cm³/mol. The van der Waals surface area contributed by atoms with Gasteiger partial charge in [0.25, 0.3) is 0 Å². The van der Waals surface area contributed by atoms with E-state index in [1.54, 1.807) is 0 Å². The van der Waals surface area contributed by atoms with Crippen molar-refractivity contribution in [3.05, 3.63) is 28.6 Å². The van der Waals surface area contributed by atoms with Gasteiger partial charge in [-0.1, -0.05) is 6.92 Å². The molecule has 102 valence electrons. The molecule has 0 saturated carbocycles. The van der Waals surface area contributed by atoms with Gasteiger partial charge >= 0.3 is 0 Å². The molecule has 19 heavy (non-hydrogen) atoms. The standard InChI is InChI=1S/C12H18N6O/c1-4-9-7(2)17-18(8(9)3)6-12-14-11(15-16-12)5-10(13)19/h4-6H2,1-3H3,(H2,13,19)(H,14,15,16). The maximum Gasteiger partial charge on any atom is 0.225 e. The molecule has 0 aliphatic carbocycles. The van der Waals surface area contributed by atoms with Crippen molar-refractivity contribution in [3.63, 3.8) is 0 Å². The number of primary amides is 1. The molecule has 1 amide bonds. The van der Waals surface area contributed by atoms with Crippen molar-refractivity contribution in [1.29, 1.82) is 0 Å². The Balaban J connectivity index is 2.17. The van der Waals surface area contributed by atoms with Crippen molar-refractivity contribution >= 4 is 5.91 Å². The molecule has 0 saturated heterocycles. The van der Waals surface area contributed by atoms with Crippen molar-refractivity contribution in [1.82, 2.24) is 25.0 Å². The third-order valence-electron chi connectivity index (χ3n) is 3.09. The number of carbonyl (C=O) groups is 1. The molecule has 2 heterocycles. The second kappa shape index (κ2) is 5.21. The Kier molecular flexibility index (Phi) is 3.64. The second-order valence-corrected chi connectivity index (χ2v) is 4.50. The van der Waals surface area contributed by atoms with Gasteiger partial charge in [-0.3, -0.25) is 14.6 Å². The highest BCUT2D eigenvalue weighted by molar-refractivity contribution is 5.75. The first-order valence-electron chi connectivity index (χ1n) is 6.22. The summed E-state index contributed by atoms with van der Waals surface area (Å²) in [6.07, 6.45) is 1.01. The van der Waals surface area contributed by atoms with Gasteiger partial charge in [-0.05, 0) is 25.8 Å².